The van der Waals surface area contributed by atoms with Crippen molar-refractivity contribution in [3.8, 4) is 0 Å². The maximum atomic E-state index is 13.5. The number of likely N-dealkylation sites (N-methyl/N-ethyl adjacent to an activating group) is 1. The van der Waals surface area contributed by atoms with Crippen LogP contribution >= 0.6 is 0 Å². The van der Waals surface area contributed by atoms with Gasteiger partial charge in [-0.15, -0.1) is 0 Å². The van der Waals surface area contributed by atoms with Gasteiger partial charge in [0.1, 0.15) is 0 Å². The van der Waals surface area contributed by atoms with Gasteiger partial charge in [-0.25, -0.2) is 0 Å². The number of nitrogens with zero attached hydrogens (tertiary/aromatic N) is 4. The molecule has 4 saturated carbocycles. The molecule has 0 aromatic carbocycles. The first-order valence-corrected chi connectivity index (χ1v) is 25.8. The van der Waals surface area contributed by atoms with Gasteiger partial charge in [-0.2, -0.15) is 0 Å². The van der Waals surface area contributed by atoms with Crippen LogP contribution in [0.4, 0.5) is 0 Å². The number of carbonyl (C=O) groups excluding carboxylic acids is 1. The summed E-state index contributed by atoms with van der Waals surface area (Å²) in [4.78, 5) is 45.1. The summed E-state index contributed by atoms with van der Waals surface area (Å²) in [5, 5.41) is 22.4. The van der Waals surface area contributed by atoms with Crippen LogP contribution in [0.1, 0.15) is 105 Å². The molecule has 0 aromatic heterocycles. The van der Waals surface area contributed by atoms with Gasteiger partial charge in [-0.1, -0.05) is 27.7 Å². The van der Waals surface area contributed by atoms with E-state index in [2.05, 4.69) is 37.9 Å². The predicted molar refractivity (Wildman–Crippen MR) is 254 cm³/mol. The molecule has 1 heterocycles. The summed E-state index contributed by atoms with van der Waals surface area (Å²) < 4.78 is 20.4. The van der Waals surface area contributed by atoms with Gasteiger partial charge in [-0.05, 0) is 144 Å². The van der Waals surface area contributed by atoms with E-state index in [0.717, 1.165) is 70.9 Å². The molecule has 0 radical (unpaired) electrons. The van der Waals surface area contributed by atoms with Gasteiger partial charge in [0.2, 0.25) is 5.91 Å². The summed E-state index contributed by atoms with van der Waals surface area (Å²) >= 11 is 0. The summed E-state index contributed by atoms with van der Waals surface area (Å²) in [5.74, 6) is 1.17. The lowest BCUT2D eigenvalue weighted by molar-refractivity contribution is -0.227. The maximum absolute atomic E-state index is 13.5. The van der Waals surface area contributed by atoms with Crippen LogP contribution in [0.25, 0.3) is 0 Å². The van der Waals surface area contributed by atoms with Gasteiger partial charge < -0.3 is 51.8 Å². The molecule has 0 bridgehead atoms. The highest BCUT2D eigenvalue weighted by atomic mass is 16.5. The van der Waals surface area contributed by atoms with Crippen molar-refractivity contribution in [1.29, 1.82) is 0 Å². The highest BCUT2D eigenvalue weighted by Crippen LogP contribution is 2.69. The zero-order valence-electron chi connectivity index (χ0n) is 41.0. The normalized spacial score (nSPS) is 33.8. The lowest BCUT2D eigenvalue weighted by Gasteiger charge is -2.65. The molecule has 4 aliphatic carbocycles. The van der Waals surface area contributed by atoms with Gasteiger partial charge in [0, 0.05) is 84.1 Å². The van der Waals surface area contributed by atoms with Crippen molar-refractivity contribution in [2.24, 2.45) is 63.5 Å². The molecular weight excluding hydrogens is 829 g/mol. The van der Waals surface area contributed by atoms with Crippen molar-refractivity contribution in [1.82, 2.24) is 24.9 Å². The smallest absolute Gasteiger partial charge is 0.317 e. The Bertz CT molecular complexity index is 1420. The monoisotopic (exact) mass is 921 g/mol. The van der Waals surface area contributed by atoms with Crippen LogP contribution in [0.2, 0.25) is 0 Å². The van der Waals surface area contributed by atoms with Gasteiger partial charge in [-0.3, -0.25) is 29.1 Å². The van der Waals surface area contributed by atoms with Crippen molar-refractivity contribution in [3.63, 3.8) is 0 Å². The quantitative estimate of drug-likeness (QED) is 0.0767. The lowest BCUT2D eigenvalue weighted by Crippen LogP contribution is -2.63. The molecule has 11 atom stereocenters. The summed E-state index contributed by atoms with van der Waals surface area (Å²) in [6.45, 7) is 19.8. The van der Waals surface area contributed by atoms with E-state index < -0.39 is 11.9 Å². The third-order valence-electron chi connectivity index (χ3n) is 17.1. The third kappa shape index (κ3) is 14.8. The number of carbonyl (C=O) groups is 3. The molecule has 1 aliphatic heterocycles. The second-order valence-electron chi connectivity index (χ2n) is 21.0. The number of carboxylic acid groups (broad SMARTS) is 2. The van der Waals surface area contributed by atoms with E-state index >= 15 is 0 Å². The predicted octanol–water partition coefficient (Wildman–Crippen LogP) is 3.01. The van der Waals surface area contributed by atoms with Gasteiger partial charge in [0.15, 0.2) is 0 Å². The second kappa shape index (κ2) is 26.7. The Morgan fingerprint density at radius 1 is 0.692 bits per heavy atom. The maximum Gasteiger partial charge on any atom is 0.317 e. The number of fused-ring (bicyclic) bond motifs is 5. The Morgan fingerprint density at radius 3 is 1.82 bits per heavy atom. The number of hydrogen-bond acceptors (Lipinski definition) is 13. The van der Waals surface area contributed by atoms with Crippen LogP contribution in [0, 0.1) is 46.3 Å². The average molecular weight is 921 g/mol. The Morgan fingerprint density at radius 2 is 1.25 bits per heavy atom. The largest absolute Gasteiger partial charge is 0.480 e. The Hall–Kier alpha value is -1.99. The minimum Gasteiger partial charge on any atom is -0.480 e. The van der Waals surface area contributed by atoms with E-state index in [1.165, 1.54) is 19.3 Å². The summed E-state index contributed by atoms with van der Waals surface area (Å²) in [6.07, 6.45) is 13.0. The van der Waals surface area contributed by atoms with Crippen LogP contribution in [0.5, 0.6) is 0 Å². The van der Waals surface area contributed by atoms with E-state index in [-0.39, 0.29) is 54.7 Å². The van der Waals surface area contributed by atoms with Crippen LogP contribution in [0.3, 0.4) is 0 Å². The van der Waals surface area contributed by atoms with Crippen LogP contribution < -0.4 is 22.5 Å². The van der Waals surface area contributed by atoms with Crippen LogP contribution in [-0.2, 0) is 28.6 Å². The number of hydrogen-bond donors (Lipinski definition) is 6. The molecule has 0 aromatic rings. The zero-order chi connectivity index (χ0) is 47.0. The van der Waals surface area contributed by atoms with Crippen molar-refractivity contribution < 1.29 is 38.8 Å². The fourth-order valence-electron chi connectivity index (χ4n) is 13.5. The van der Waals surface area contributed by atoms with E-state index in [0.29, 0.717) is 127 Å². The first-order chi connectivity index (χ1) is 31.3. The molecule has 0 spiro atoms. The topological polar surface area (TPSA) is 222 Å². The van der Waals surface area contributed by atoms with E-state index in [1.54, 1.807) is 0 Å². The Balaban J connectivity index is 1.23. The molecule has 376 valence electrons. The minimum atomic E-state index is -0.868. The number of carboxylic acids is 2. The number of nitrogens with one attached hydrogen (secondary N) is 1. The minimum absolute atomic E-state index is 0.00150. The van der Waals surface area contributed by atoms with E-state index in [1.807, 2.05) is 14.7 Å². The molecular formula is C49H92N8O8. The van der Waals surface area contributed by atoms with Crippen molar-refractivity contribution in [2.45, 2.75) is 123 Å². The number of ether oxygens (including phenoxy) is 3. The van der Waals surface area contributed by atoms with E-state index in [9.17, 15) is 24.6 Å². The molecule has 65 heavy (non-hydrogen) atoms. The fourth-order valence-corrected chi connectivity index (χ4v) is 13.5. The number of rotatable bonds is 24. The molecule has 16 nitrogen and oxygen atoms in total. The van der Waals surface area contributed by atoms with Gasteiger partial charge >= 0.3 is 11.9 Å². The SMILES string of the molecule is CCN1CCN(CC(=O)O)CCN(CC(=O)NCCC[C@@H](C)[C@H]2CC[C@H]3[C@@H]4[C@H](OCCCN)C[C@@H]5C[C@H](OCCCN)CC[C@]5(C)[C@H]4C[C@H](OCCCN)[C@]23C)CCN(CC(=O)O)CC1. The standard InChI is InChI=1S/C49H92N8O8/c1-5-54-19-21-56(34-45(59)60)25-23-55(24-26-57(22-20-54)35-46(61)62)33-44(58)53-18-6-10-36(2)39-11-12-40-47-41(32-43(49(39,40)4)65-29-9-17-52)48(3)14-13-38(63-27-7-15-50)30-37(48)31-42(47)64-28-8-16-51/h36-43,47H,5-35,50-52H2,1-4H3,(H,53,58)(H,59,60)(H,61,62)/t36-,37+,38-,39-,40+,41+,42-,43+,47+,48+,49-/m1/s1. The summed E-state index contributed by atoms with van der Waals surface area (Å²) in [7, 11) is 0. The van der Waals surface area contributed by atoms with Crippen molar-refractivity contribution >= 4 is 17.8 Å². The number of amides is 1. The second-order valence-corrected chi connectivity index (χ2v) is 21.0. The fraction of sp³-hybridized carbons (Fsp3) is 0.939. The lowest BCUT2D eigenvalue weighted by atomic mass is 9.43. The van der Waals surface area contributed by atoms with E-state index in [4.69, 9.17) is 31.4 Å². The molecule has 16 heteroatoms. The Labute approximate surface area is 391 Å². The first-order valence-electron chi connectivity index (χ1n) is 25.8. The van der Waals surface area contributed by atoms with Crippen LogP contribution in [0.15, 0.2) is 0 Å². The van der Waals surface area contributed by atoms with Crippen molar-refractivity contribution in [2.75, 3.05) is 125 Å². The molecule has 9 N–H and O–H groups in total. The molecule has 5 aliphatic rings. The number of nitrogens with two attached hydrogens (primary N) is 3. The molecule has 5 fully saturated rings. The summed E-state index contributed by atoms with van der Waals surface area (Å²) in [6, 6.07) is 0. The molecule has 1 saturated heterocycles. The zero-order valence-corrected chi connectivity index (χ0v) is 41.0. The summed E-state index contributed by atoms with van der Waals surface area (Å²) in [5.41, 5.74) is 18.1. The third-order valence-corrected chi connectivity index (χ3v) is 17.1. The highest BCUT2D eigenvalue weighted by Gasteiger charge is 2.66. The van der Waals surface area contributed by atoms with Gasteiger partial charge in [0.05, 0.1) is 37.9 Å². The highest BCUT2D eigenvalue weighted by molar-refractivity contribution is 5.78. The van der Waals surface area contributed by atoms with Crippen molar-refractivity contribution in [3.05, 3.63) is 0 Å². The Kier molecular flexibility index (Phi) is 22.1. The number of aliphatic carboxylic acids is 2. The van der Waals surface area contributed by atoms with Crippen LogP contribution in [-0.4, -0.2) is 191 Å². The molecule has 0 unspecified atom stereocenters. The molecule has 1 amide bonds. The average Bonchev–Trinajstić information content (AvgIpc) is 3.63. The molecule has 5 rings (SSSR count). The van der Waals surface area contributed by atoms with Gasteiger partial charge in [0.25, 0.3) is 0 Å². The first kappa shape index (κ1) is 54.0.